The van der Waals surface area contributed by atoms with Crippen LogP contribution in [0.25, 0.3) is 0 Å². The molecule has 0 radical (unpaired) electrons. The summed E-state index contributed by atoms with van der Waals surface area (Å²) in [7, 11) is 5.87. The van der Waals surface area contributed by atoms with Crippen LogP contribution in [0.5, 0.6) is 0 Å². The maximum atomic E-state index is 12.8. The Morgan fingerprint density at radius 3 is 2.30 bits per heavy atom. The SMILES string of the molecule is C=CN(C)/C(=C\N)C(O)(c1ccc(CNCc2ccc(N(C)C)cc2)cc1)c1ccc2c(c1)C(c1cccc(Cl)c1)=NC1=NNNN12. The molecule has 1 unspecified atom stereocenters. The highest BCUT2D eigenvalue weighted by atomic mass is 35.5. The molecule has 240 valence electrons. The summed E-state index contributed by atoms with van der Waals surface area (Å²) in [5.74, 6) is 0.458. The third kappa shape index (κ3) is 6.19. The maximum Gasteiger partial charge on any atom is 0.265 e. The lowest BCUT2D eigenvalue weighted by atomic mass is 9.81. The molecule has 0 amide bonds. The largest absolute Gasteiger partial charge is 0.403 e. The van der Waals surface area contributed by atoms with Gasteiger partial charge in [0, 0.05) is 62.3 Å². The number of hydrazone groups is 1. The average molecular weight is 648 g/mol. The van der Waals surface area contributed by atoms with Crippen molar-refractivity contribution in [1.29, 1.82) is 0 Å². The summed E-state index contributed by atoms with van der Waals surface area (Å²) in [5.41, 5.74) is 18.6. The van der Waals surface area contributed by atoms with Gasteiger partial charge in [0.05, 0.1) is 17.1 Å². The van der Waals surface area contributed by atoms with Gasteiger partial charge in [0.25, 0.3) is 5.96 Å². The molecule has 0 bridgehead atoms. The predicted molar refractivity (Wildman–Crippen MR) is 191 cm³/mol. The van der Waals surface area contributed by atoms with Crippen molar-refractivity contribution < 1.29 is 5.11 Å². The van der Waals surface area contributed by atoms with Gasteiger partial charge in [0.15, 0.2) is 5.60 Å². The lowest BCUT2D eigenvalue weighted by Gasteiger charge is -2.37. The van der Waals surface area contributed by atoms with Gasteiger partial charge < -0.3 is 26.0 Å². The number of aliphatic hydroxyl groups is 1. The van der Waals surface area contributed by atoms with Crippen molar-refractivity contribution in [2.45, 2.75) is 18.7 Å². The topological polar surface area (TPSA) is 117 Å². The number of hydrazine groups is 2. The second-order valence-corrected chi connectivity index (χ2v) is 12.0. The molecule has 6 N–H and O–H groups in total. The molecule has 0 aromatic heterocycles. The number of aliphatic imine (C=N–C) groups is 1. The van der Waals surface area contributed by atoms with E-state index in [1.54, 1.807) is 23.2 Å². The molecule has 0 saturated heterocycles. The van der Waals surface area contributed by atoms with Crippen LogP contribution in [0.15, 0.2) is 126 Å². The van der Waals surface area contributed by atoms with E-state index in [1.807, 2.05) is 80.8 Å². The number of anilines is 2. The van der Waals surface area contributed by atoms with Crippen LogP contribution >= 0.6 is 11.6 Å². The van der Waals surface area contributed by atoms with Crippen LogP contribution in [0.3, 0.4) is 0 Å². The zero-order valence-electron chi connectivity index (χ0n) is 26.6. The molecule has 1 atom stereocenters. The number of nitrogens with zero attached hydrogens (tertiary/aromatic N) is 5. The van der Waals surface area contributed by atoms with E-state index >= 15 is 0 Å². The first-order chi connectivity index (χ1) is 22.7. The van der Waals surface area contributed by atoms with Gasteiger partial charge in [0.1, 0.15) is 0 Å². The first-order valence-electron chi connectivity index (χ1n) is 15.2. The molecule has 0 saturated carbocycles. The van der Waals surface area contributed by atoms with Gasteiger partial charge in [-0.15, -0.1) is 10.6 Å². The maximum absolute atomic E-state index is 12.8. The third-order valence-electron chi connectivity index (χ3n) is 8.40. The minimum atomic E-state index is -1.64. The van der Waals surface area contributed by atoms with E-state index in [2.05, 4.69) is 57.2 Å². The number of hydrogen-bond acceptors (Lipinski definition) is 10. The molecular formula is C36H38ClN9O. The number of guanidine groups is 1. The summed E-state index contributed by atoms with van der Waals surface area (Å²) in [6.45, 7) is 5.33. The molecule has 2 aliphatic rings. The molecule has 2 aliphatic heterocycles. The first-order valence-corrected chi connectivity index (χ1v) is 15.5. The molecule has 6 rings (SSSR count). The molecule has 0 fully saturated rings. The highest BCUT2D eigenvalue weighted by Gasteiger charge is 2.40. The van der Waals surface area contributed by atoms with Gasteiger partial charge >= 0.3 is 0 Å². The lowest BCUT2D eigenvalue weighted by Crippen LogP contribution is -2.44. The summed E-state index contributed by atoms with van der Waals surface area (Å²) in [4.78, 5) is 8.64. The molecule has 4 aromatic rings. The second kappa shape index (κ2) is 13.3. The fourth-order valence-corrected chi connectivity index (χ4v) is 6.00. The summed E-state index contributed by atoms with van der Waals surface area (Å²) in [6, 6.07) is 29.7. The van der Waals surface area contributed by atoms with Crippen molar-refractivity contribution in [2.75, 3.05) is 31.1 Å². The van der Waals surface area contributed by atoms with Crippen LogP contribution in [0.4, 0.5) is 11.4 Å². The Bertz CT molecular complexity index is 1870. The Kier molecular flexibility index (Phi) is 9.01. The fourth-order valence-electron chi connectivity index (χ4n) is 5.81. The third-order valence-corrected chi connectivity index (χ3v) is 8.64. The predicted octanol–water partition coefficient (Wildman–Crippen LogP) is 4.76. The van der Waals surface area contributed by atoms with E-state index in [-0.39, 0.29) is 0 Å². The summed E-state index contributed by atoms with van der Waals surface area (Å²) < 4.78 is 0. The Morgan fingerprint density at radius 2 is 1.66 bits per heavy atom. The average Bonchev–Trinajstić information content (AvgIpc) is 3.57. The van der Waals surface area contributed by atoms with Gasteiger partial charge in [-0.3, -0.25) is 0 Å². The molecule has 0 aliphatic carbocycles. The van der Waals surface area contributed by atoms with E-state index in [0.717, 1.165) is 28.9 Å². The van der Waals surface area contributed by atoms with Crippen molar-refractivity contribution in [2.24, 2.45) is 15.8 Å². The van der Waals surface area contributed by atoms with Crippen molar-refractivity contribution in [3.63, 3.8) is 0 Å². The zero-order chi connectivity index (χ0) is 33.1. The standard InChI is InChI=1S/C36H38ClN9O/c1-5-45(4)33(21-38)36(47,27-13-9-24(10-14-27)22-39-23-25-11-16-30(17-12-25)44(2)3)28-15-18-32-31(20-28)34(26-7-6-8-29(37)19-26)40-35-41-42-43-46(32)35/h5-21,39,42-43,47H,1,22-23,38H2,2-4H3/b33-21-. The Morgan fingerprint density at radius 1 is 0.979 bits per heavy atom. The van der Waals surface area contributed by atoms with E-state index in [0.29, 0.717) is 40.1 Å². The highest BCUT2D eigenvalue weighted by Crippen LogP contribution is 2.41. The van der Waals surface area contributed by atoms with Gasteiger partial charge in [-0.05, 0) is 64.9 Å². The van der Waals surface area contributed by atoms with Crippen molar-refractivity contribution in [3.8, 4) is 0 Å². The van der Waals surface area contributed by atoms with Crippen LogP contribution in [-0.2, 0) is 18.7 Å². The molecule has 0 spiro atoms. The van der Waals surface area contributed by atoms with Crippen molar-refractivity contribution in [1.82, 2.24) is 21.3 Å². The van der Waals surface area contributed by atoms with Crippen LogP contribution in [0, 0.1) is 0 Å². The molecule has 11 heteroatoms. The van der Waals surface area contributed by atoms with Crippen LogP contribution in [0.1, 0.15) is 33.4 Å². The smallest absolute Gasteiger partial charge is 0.265 e. The van der Waals surface area contributed by atoms with Crippen LogP contribution < -0.4 is 32.0 Å². The summed E-state index contributed by atoms with van der Waals surface area (Å²) in [6.07, 6.45) is 3.04. The van der Waals surface area contributed by atoms with E-state index in [1.165, 1.54) is 17.5 Å². The minimum absolute atomic E-state index is 0.444. The normalized spacial score (nSPS) is 15.1. The lowest BCUT2D eigenvalue weighted by molar-refractivity contribution is 0.0967. The zero-order valence-corrected chi connectivity index (χ0v) is 27.3. The number of nitrogens with two attached hydrogens (primary N) is 1. The number of rotatable bonds is 11. The molecule has 10 nitrogen and oxygen atoms in total. The van der Waals surface area contributed by atoms with Crippen LogP contribution in [0.2, 0.25) is 5.02 Å². The Labute approximate surface area is 280 Å². The number of likely N-dealkylation sites (N-methyl/N-ethyl adjacent to an activating group) is 1. The highest BCUT2D eigenvalue weighted by molar-refractivity contribution is 6.32. The van der Waals surface area contributed by atoms with Gasteiger partial charge in [0.2, 0.25) is 0 Å². The number of hydrogen-bond donors (Lipinski definition) is 5. The number of benzene rings is 4. The summed E-state index contributed by atoms with van der Waals surface area (Å²) in [5, 5.41) is 22.9. The van der Waals surface area contributed by atoms with Gasteiger partial charge in [-0.1, -0.05) is 72.8 Å². The monoisotopic (exact) mass is 647 g/mol. The summed E-state index contributed by atoms with van der Waals surface area (Å²) >= 11 is 6.39. The quantitative estimate of drug-likeness (QED) is 0.158. The van der Waals surface area contributed by atoms with Crippen LogP contribution in [-0.4, -0.2) is 42.8 Å². The molecule has 47 heavy (non-hydrogen) atoms. The fraction of sp³-hybridized carbons (Fsp3) is 0.167. The minimum Gasteiger partial charge on any atom is -0.403 e. The second-order valence-electron chi connectivity index (χ2n) is 11.6. The first kappa shape index (κ1) is 31.8. The van der Waals surface area contributed by atoms with Crippen molar-refractivity contribution >= 4 is 34.6 Å². The number of nitrogens with one attached hydrogen (secondary N) is 3. The Balaban J connectivity index is 1.35. The molecule has 4 aromatic carbocycles. The van der Waals surface area contributed by atoms with E-state index in [4.69, 9.17) is 22.3 Å². The molecular weight excluding hydrogens is 610 g/mol. The number of fused-ring (bicyclic) bond motifs is 3. The van der Waals surface area contributed by atoms with Gasteiger partial charge in [-0.2, -0.15) is 0 Å². The molecule has 2 heterocycles. The van der Waals surface area contributed by atoms with Crippen molar-refractivity contribution in [3.05, 3.63) is 154 Å². The number of halogens is 1. The van der Waals surface area contributed by atoms with Gasteiger partial charge in [-0.25, -0.2) is 15.5 Å². The van der Waals surface area contributed by atoms with E-state index < -0.39 is 5.60 Å². The van der Waals surface area contributed by atoms with E-state index in [9.17, 15) is 5.11 Å². The Hall–Kier alpha value is -5.13.